The second-order valence-electron chi connectivity index (χ2n) is 4.53. The molecule has 0 spiro atoms. The molecule has 0 heterocycles. The van der Waals surface area contributed by atoms with Crippen LogP contribution in [0, 0.1) is 6.92 Å². The van der Waals surface area contributed by atoms with Gasteiger partial charge in [-0.15, -0.1) is 0 Å². The van der Waals surface area contributed by atoms with Crippen molar-refractivity contribution in [1.29, 1.82) is 0 Å². The Morgan fingerprint density at radius 3 is 2.65 bits per heavy atom. The van der Waals surface area contributed by atoms with Crippen LogP contribution in [0.5, 0.6) is 5.75 Å². The molecule has 1 N–H and O–H groups in total. The molecule has 1 aromatic rings. The first kappa shape index (κ1) is 13.6. The van der Waals surface area contributed by atoms with Gasteiger partial charge in [0.2, 0.25) is 5.91 Å². The number of hydrogen-bond donors (Lipinski definition) is 1. The fraction of sp³-hybridized carbons (Fsp3) is 0.500. The van der Waals surface area contributed by atoms with Crippen LogP contribution in [0.1, 0.15) is 31.4 Å². The minimum absolute atomic E-state index is 0.105. The third-order valence-electron chi connectivity index (χ3n) is 2.55. The van der Waals surface area contributed by atoms with E-state index < -0.39 is 0 Å². The second-order valence-corrected chi connectivity index (χ2v) is 4.53. The van der Waals surface area contributed by atoms with E-state index >= 15 is 0 Å². The van der Waals surface area contributed by atoms with Crippen LogP contribution in [0.4, 0.5) is 0 Å². The molecule has 1 amide bonds. The summed E-state index contributed by atoms with van der Waals surface area (Å²) in [5, 5.41) is 2.89. The average Bonchev–Trinajstić information content (AvgIpc) is 2.25. The molecule has 3 nitrogen and oxygen atoms in total. The lowest BCUT2D eigenvalue weighted by molar-refractivity contribution is -0.121. The summed E-state index contributed by atoms with van der Waals surface area (Å²) in [6.45, 7) is 5.95. The Hall–Kier alpha value is -1.51. The van der Waals surface area contributed by atoms with Crippen LogP contribution < -0.4 is 10.1 Å². The van der Waals surface area contributed by atoms with Crippen LogP contribution in [0.3, 0.4) is 0 Å². The molecule has 0 aliphatic rings. The van der Waals surface area contributed by atoms with Gasteiger partial charge in [-0.25, -0.2) is 0 Å². The van der Waals surface area contributed by atoms with E-state index in [1.807, 2.05) is 32.9 Å². The van der Waals surface area contributed by atoms with Crippen molar-refractivity contribution in [2.75, 3.05) is 7.11 Å². The van der Waals surface area contributed by atoms with Crippen LogP contribution in [-0.4, -0.2) is 19.1 Å². The van der Waals surface area contributed by atoms with Crippen LogP contribution in [-0.2, 0) is 11.2 Å². The lowest BCUT2D eigenvalue weighted by Crippen LogP contribution is -2.30. The predicted octanol–water partition coefficient (Wildman–Crippen LogP) is 2.46. The number of methoxy groups -OCH3 is 1. The molecule has 0 aliphatic carbocycles. The van der Waals surface area contributed by atoms with E-state index in [1.54, 1.807) is 7.11 Å². The first-order valence-electron chi connectivity index (χ1n) is 5.96. The SMILES string of the molecule is COc1ccc(CCC(=O)NC(C)C)cc1C. The highest BCUT2D eigenvalue weighted by molar-refractivity contribution is 5.76. The number of amides is 1. The molecule has 1 aromatic carbocycles. The molecular weight excluding hydrogens is 214 g/mol. The van der Waals surface area contributed by atoms with Crippen LogP contribution >= 0.6 is 0 Å². The number of hydrogen-bond acceptors (Lipinski definition) is 2. The van der Waals surface area contributed by atoms with Crippen LogP contribution in [0.2, 0.25) is 0 Å². The third-order valence-corrected chi connectivity index (χ3v) is 2.55. The van der Waals surface area contributed by atoms with E-state index in [9.17, 15) is 4.79 Å². The van der Waals surface area contributed by atoms with Crippen LogP contribution in [0.15, 0.2) is 18.2 Å². The number of nitrogens with one attached hydrogen (secondary N) is 1. The Morgan fingerprint density at radius 2 is 2.12 bits per heavy atom. The van der Waals surface area contributed by atoms with E-state index in [0.29, 0.717) is 6.42 Å². The maximum absolute atomic E-state index is 11.5. The summed E-state index contributed by atoms with van der Waals surface area (Å²) >= 11 is 0. The monoisotopic (exact) mass is 235 g/mol. The van der Waals surface area contributed by atoms with Crippen molar-refractivity contribution in [3.05, 3.63) is 29.3 Å². The summed E-state index contributed by atoms with van der Waals surface area (Å²) in [5.74, 6) is 0.994. The molecule has 94 valence electrons. The van der Waals surface area contributed by atoms with Gasteiger partial charge in [0.15, 0.2) is 0 Å². The zero-order chi connectivity index (χ0) is 12.8. The Kier molecular flexibility index (Phi) is 5.01. The van der Waals surface area contributed by atoms with Gasteiger partial charge in [0.1, 0.15) is 5.75 Å². The van der Waals surface area contributed by atoms with Gasteiger partial charge in [-0.3, -0.25) is 4.79 Å². The van der Waals surface area contributed by atoms with E-state index in [2.05, 4.69) is 11.4 Å². The van der Waals surface area contributed by atoms with E-state index in [-0.39, 0.29) is 11.9 Å². The predicted molar refractivity (Wildman–Crippen MR) is 69.3 cm³/mol. The van der Waals surface area contributed by atoms with Crippen LogP contribution in [0.25, 0.3) is 0 Å². The van der Waals surface area contributed by atoms with Crippen molar-refractivity contribution >= 4 is 5.91 Å². The number of ether oxygens (including phenoxy) is 1. The minimum Gasteiger partial charge on any atom is -0.496 e. The van der Waals surface area contributed by atoms with Gasteiger partial charge >= 0.3 is 0 Å². The molecule has 3 heteroatoms. The van der Waals surface area contributed by atoms with Crippen molar-refractivity contribution < 1.29 is 9.53 Å². The van der Waals surface area contributed by atoms with Crippen molar-refractivity contribution in [2.24, 2.45) is 0 Å². The third kappa shape index (κ3) is 4.47. The normalized spacial score (nSPS) is 10.4. The summed E-state index contributed by atoms with van der Waals surface area (Å²) in [6.07, 6.45) is 1.30. The molecule has 0 fully saturated rings. The number of rotatable bonds is 5. The highest BCUT2D eigenvalue weighted by atomic mass is 16.5. The Balaban J connectivity index is 2.52. The van der Waals surface area contributed by atoms with E-state index in [0.717, 1.165) is 17.7 Å². The van der Waals surface area contributed by atoms with Gasteiger partial charge in [0.05, 0.1) is 7.11 Å². The molecule has 0 radical (unpaired) electrons. The summed E-state index contributed by atoms with van der Waals surface area (Å²) < 4.78 is 5.20. The zero-order valence-electron chi connectivity index (χ0n) is 11.0. The van der Waals surface area contributed by atoms with Gasteiger partial charge in [-0.1, -0.05) is 12.1 Å². The minimum atomic E-state index is 0.105. The fourth-order valence-corrected chi connectivity index (χ4v) is 1.75. The van der Waals surface area contributed by atoms with Gasteiger partial charge in [0, 0.05) is 12.5 Å². The van der Waals surface area contributed by atoms with Crippen molar-refractivity contribution in [3.8, 4) is 5.75 Å². The van der Waals surface area contributed by atoms with Crippen molar-refractivity contribution in [3.63, 3.8) is 0 Å². The molecule has 0 aliphatic heterocycles. The highest BCUT2D eigenvalue weighted by Gasteiger charge is 2.05. The van der Waals surface area contributed by atoms with Crippen molar-refractivity contribution in [2.45, 2.75) is 39.7 Å². The zero-order valence-corrected chi connectivity index (χ0v) is 11.0. The molecule has 0 saturated carbocycles. The lowest BCUT2D eigenvalue weighted by Gasteiger charge is -2.09. The molecule has 1 rings (SSSR count). The molecule has 17 heavy (non-hydrogen) atoms. The Morgan fingerprint density at radius 1 is 1.41 bits per heavy atom. The second kappa shape index (κ2) is 6.28. The molecule has 0 bridgehead atoms. The standard InChI is InChI=1S/C14H21NO2/c1-10(2)15-14(16)8-6-12-5-7-13(17-4)11(3)9-12/h5,7,9-10H,6,8H2,1-4H3,(H,15,16). The van der Waals surface area contributed by atoms with Gasteiger partial charge in [0.25, 0.3) is 0 Å². The molecule has 0 aromatic heterocycles. The average molecular weight is 235 g/mol. The number of carbonyl (C=O) groups excluding carboxylic acids is 1. The molecule has 0 unspecified atom stereocenters. The highest BCUT2D eigenvalue weighted by Crippen LogP contribution is 2.19. The lowest BCUT2D eigenvalue weighted by atomic mass is 10.1. The quantitative estimate of drug-likeness (QED) is 0.851. The number of carbonyl (C=O) groups is 1. The van der Waals surface area contributed by atoms with E-state index in [4.69, 9.17) is 4.74 Å². The number of benzene rings is 1. The summed E-state index contributed by atoms with van der Waals surface area (Å²) in [5.41, 5.74) is 2.27. The maximum atomic E-state index is 11.5. The van der Waals surface area contributed by atoms with Gasteiger partial charge in [-0.2, -0.15) is 0 Å². The Bertz CT molecular complexity index is 386. The molecular formula is C14H21NO2. The Labute approximate surface area is 103 Å². The summed E-state index contributed by atoms with van der Waals surface area (Å²) in [6, 6.07) is 6.24. The maximum Gasteiger partial charge on any atom is 0.220 e. The topological polar surface area (TPSA) is 38.3 Å². The number of aryl methyl sites for hydroxylation is 2. The fourth-order valence-electron chi connectivity index (χ4n) is 1.75. The summed E-state index contributed by atoms with van der Waals surface area (Å²) in [4.78, 5) is 11.5. The molecule has 0 saturated heterocycles. The van der Waals surface area contributed by atoms with Crippen molar-refractivity contribution in [1.82, 2.24) is 5.32 Å². The first-order valence-corrected chi connectivity index (χ1v) is 5.96. The first-order chi connectivity index (χ1) is 8.02. The van der Waals surface area contributed by atoms with Gasteiger partial charge < -0.3 is 10.1 Å². The summed E-state index contributed by atoms with van der Waals surface area (Å²) in [7, 11) is 1.66. The largest absolute Gasteiger partial charge is 0.496 e. The smallest absolute Gasteiger partial charge is 0.220 e. The molecule has 0 atom stereocenters. The van der Waals surface area contributed by atoms with E-state index in [1.165, 1.54) is 5.56 Å². The van der Waals surface area contributed by atoms with Gasteiger partial charge in [-0.05, 0) is 44.4 Å².